The van der Waals surface area contributed by atoms with Crippen LogP contribution in [-0.2, 0) is 16.0 Å². The molecule has 1 aromatic heterocycles. The standard InChI is InChI=1S/C18H21N3O2/c22-18(20-9-10-23-17-8-4-7-16(17)20)11-14-12-19-21(13-14)15-5-2-1-3-6-15/h1-3,5-6,12-13,16-17H,4,7-11H2. The highest BCUT2D eigenvalue weighted by Crippen LogP contribution is 2.30. The highest BCUT2D eigenvalue weighted by Gasteiger charge is 2.38. The molecule has 120 valence electrons. The van der Waals surface area contributed by atoms with Crippen molar-refractivity contribution in [3.05, 3.63) is 48.3 Å². The molecule has 1 saturated carbocycles. The van der Waals surface area contributed by atoms with Gasteiger partial charge in [-0.1, -0.05) is 18.2 Å². The molecule has 0 bridgehead atoms. The minimum absolute atomic E-state index is 0.192. The summed E-state index contributed by atoms with van der Waals surface area (Å²) in [7, 11) is 0. The lowest BCUT2D eigenvalue weighted by molar-refractivity contribution is -0.143. The highest BCUT2D eigenvalue weighted by atomic mass is 16.5. The Morgan fingerprint density at radius 1 is 1.26 bits per heavy atom. The van der Waals surface area contributed by atoms with E-state index in [-0.39, 0.29) is 18.1 Å². The number of carbonyl (C=O) groups is 1. The van der Waals surface area contributed by atoms with Crippen molar-refractivity contribution in [2.24, 2.45) is 0 Å². The summed E-state index contributed by atoms with van der Waals surface area (Å²) in [6.45, 7) is 1.38. The normalized spacial score (nSPS) is 23.7. The van der Waals surface area contributed by atoms with Crippen molar-refractivity contribution < 1.29 is 9.53 Å². The monoisotopic (exact) mass is 311 g/mol. The molecule has 5 nitrogen and oxygen atoms in total. The maximum absolute atomic E-state index is 12.7. The van der Waals surface area contributed by atoms with E-state index in [1.165, 1.54) is 0 Å². The summed E-state index contributed by atoms with van der Waals surface area (Å²) < 4.78 is 7.60. The van der Waals surface area contributed by atoms with Gasteiger partial charge in [-0.25, -0.2) is 4.68 Å². The summed E-state index contributed by atoms with van der Waals surface area (Å²) in [6, 6.07) is 10.2. The van der Waals surface area contributed by atoms with Gasteiger partial charge in [0.25, 0.3) is 0 Å². The molecule has 0 spiro atoms. The molecule has 1 aliphatic carbocycles. The van der Waals surface area contributed by atoms with Gasteiger partial charge in [0.1, 0.15) is 0 Å². The van der Waals surface area contributed by atoms with Crippen molar-refractivity contribution in [1.82, 2.24) is 14.7 Å². The first kappa shape index (κ1) is 14.5. The number of carbonyl (C=O) groups excluding carboxylic acids is 1. The number of hydrogen-bond donors (Lipinski definition) is 0. The number of rotatable bonds is 3. The Labute approximate surface area is 135 Å². The number of morpholine rings is 1. The smallest absolute Gasteiger partial charge is 0.227 e. The molecule has 1 aromatic carbocycles. The van der Waals surface area contributed by atoms with Crippen molar-refractivity contribution in [1.29, 1.82) is 0 Å². The van der Waals surface area contributed by atoms with Gasteiger partial charge in [0.05, 0.1) is 37.1 Å². The Kier molecular flexibility index (Phi) is 3.87. The van der Waals surface area contributed by atoms with Crippen LogP contribution in [0.2, 0.25) is 0 Å². The van der Waals surface area contributed by atoms with E-state index < -0.39 is 0 Å². The number of fused-ring (bicyclic) bond motifs is 1. The summed E-state index contributed by atoms with van der Waals surface area (Å²) in [6.07, 6.45) is 7.71. The molecule has 2 fully saturated rings. The molecule has 5 heteroatoms. The van der Waals surface area contributed by atoms with Gasteiger partial charge in [0, 0.05) is 12.7 Å². The van der Waals surface area contributed by atoms with Crippen LogP contribution in [0.3, 0.4) is 0 Å². The first-order valence-corrected chi connectivity index (χ1v) is 8.31. The van der Waals surface area contributed by atoms with E-state index in [2.05, 4.69) is 5.10 Å². The van der Waals surface area contributed by atoms with Crippen molar-refractivity contribution in [2.75, 3.05) is 13.2 Å². The molecular weight excluding hydrogens is 290 g/mol. The highest BCUT2D eigenvalue weighted by molar-refractivity contribution is 5.79. The van der Waals surface area contributed by atoms with Crippen LogP contribution in [0.15, 0.2) is 42.7 Å². The van der Waals surface area contributed by atoms with Crippen LogP contribution in [-0.4, -0.2) is 45.9 Å². The molecule has 1 saturated heterocycles. The summed E-state index contributed by atoms with van der Waals surface area (Å²) in [5.74, 6) is 0.192. The molecular formula is C18H21N3O2. The summed E-state index contributed by atoms with van der Waals surface area (Å²) in [5.41, 5.74) is 1.97. The largest absolute Gasteiger partial charge is 0.374 e. The average Bonchev–Trinajstić information content (AvgIpc) is 3.24. The van der Waals surface area contributed by atoms with Gasteiger partial charge in [0.15, 0.2) is 0 Å². The second-order valence-corrected chi connectivity index (χ2v) is 6.30. The van der Waals surface area contributed by atoms with E-state index in [1.807, 2.05) is 46.1 Å². The van der Waals surface area contributed by atoms with Crippen LogP contribution in [0.1, 0.15) is 24.8 Å². The second kappa shape index (κ2) is 6.16. The number of nitrogens with zero attached hydrogens (tertiary/aromatic N) is 3. The zero-order valence-corrected chi connectivity index (χ0v) is 13.1. The fourth-order valence-electron chi connectivity index (χ4n) is 3.68. The van der Waals surface area contributed by atoms with E-state index >= 15 is 0 Å². The number of ether oxygens (including phenoxy) is 1. The quantitative estimate of drug-likeness (QED) is 0.873. The number of para-hydroxylation sites is 1. The van der Waals surface area contributed by atoms with Gasteiger partial charge >= 0.3 is 0 Å². The summed E-state index contributed by atoms with van der Waals surface area (Å²) >= 11 is 0. The Morgan fingerprint density at radius 2 is 2.13 bits per heavy atom. The Bertz CT molecular complexity index is 683. The third-order valence-electron chi connectivity index (χ3n) is 4.81. The first-order valence-electron chi connectivity index (χ1n) is 8.31. The minimum Gasteiger partial charge on any atom is -0.374 e. The van der Waals surface area contributed by atoms with Crippen molar-refractivity contribution >= 4 is 5.91 Å². The molecule has 2 unspecified atom stereocenters. The van der Waals surface area contributed by atoms with Crippen molar-refractivity contribution in [3.63, 3.8) is 0 Å². The van der Waals surface area contributed by atoms with E-state index in [1.54, 1.807) is 6.20 Å². The molecule has 2 aliphatic rings. The second-order valence-electron chi connectivity index (χ2n) is 6.30. The van der Waals surface area contributed by atoms with Gasteiger partial charge in [-0.3, -0.25) is 4.79 Å². The fourth-order valence-corrected chi connectivity index (χ4v) is 3.68. The zero-order valence-electron chi connectivity index (χ0n) is 13.1. The van der Waals surface area contributed by atoms with Crippen LogP contribution in [0.5, 0.6) is 0 Å². The van der Waals surface area contributed by atoms with Crippen LogP contribution in [0.4, 0.5) is 0 Å². The maximum Gasteiger partial charge on any atom is 0.227 e. The van der Waals surface area contributed by atoms with Crippen molar-refractivity contribution in [3.8, 4) is 5.69 Å². The van der Waals surface area contributed by atoms with Gasteiger partial charge in [0.2, 0.25) is 5.91 Å². The molecule has 2 heterocycles. The molecule has 0 radical (unpaired) electrons. The van der Waals surface area contributed by atoms with E-state index in [9.17, 15) is 4.79 Å². The fraction of sp³-hybridized carbons (Fsp3) is 0.444. The summed E-state index contributed by atoms with van der Waals surface area (Å²) in [5, 5.41) is 4.37. The van der Waals surface area contributed by atoms with Crippen LogP contribution in [0.25, 0.3) is 5.69 Å². The molecule has 4 rings (SSSR count). The van der Waals surface area contributed by atoms with Crippen LogP contribution < -0.4 is 0 Å². The lowest BCUT2D eigenvalue weighted by Gasteiger charge is -2.37. The predicted octanol–water partition coefficient (Wildman–Crippen LogP) is 2.19. The third-order valence-corrected chi connectivity index (χ3v) is 4.81. The minimum atomic E-state index is 0.192. The van der Waals surface area contributed by atoms with Crippen LogP contribution >= 0.6 is 0 Å². The number of hydrogen-bond acceptors (Lipinski definition) is 3. The number of aromatic nitrogens is 2. The third kappa shape index (κ3) is 2.88. The zero-order chi connectivity index (χ0) is 15.6. The van der Waals surface area contributed by atoms with Gasteiger partial charge < -0.3 is 9.64 Å². The summed E-state index contributed by atoms with van der Waals surface area (Å²) in [4.78, 5) is 14.7. The predicted molar refractivity (Wildman–Crippen MR) is 86.4 cm³/mol. The van der Waals surface area contributed by atoms with Gasteiger partial charge in [-0.15, -0.1) is 0 Å². The molecule has 2 aromatic rings. The lowest BCUT2D eigenvalue weighted by Crippen LogP contribution is -2.51. The molecule has 1 amide bonds. The first-order chi connectivity index (χ1) is 11.3. The van der Waals surface area contributed by atoms with Crippen LogP contribution in [0, 0.1) is 0 Å². The number of benzene rings is 1. The molecule has 23 heavy (non-hydrogen) atoms. The van der Waals surface area contributed by atoms with E-state index in [0.717, 1.165) is 30.5 Å². The Morgan fingerprint density at radius 3 is 3.00 bits per heavy atom. The molecule has 2 atom stereocenters. The number of amides is 1. The van der Waals surface area contributed by atoms with Gasteiger partial charge in [-0.05, 0) is 37.0 Å². The van der Waals surface area contributed by atoms with E-state index in [4.69, 9.17) is 4.74 Å². The Balaban J connectivity index is 1.46. The topological polar surface area (TPSA) is 47.4 Å². The van der Waals surface area contributed by atoms with Gasteiger partial charge in [-0.2, -0.15) is 5.10 Å². The molecule has 1 aliphatic heterocycles. The Hall–Kier alpha value is -2.14. The SMILES string of the molecule is O=C(Cc1cnn(-c2ccccc2)c1)N1CCOC2CCCC21. The van der Waals surface area contributed by atoms with E-state index in [0.29, 0.717) is 19.6 Å². The lowest BCUT2D eigenvalue weighted by atomic mass is 10.1. The van der Waals surface area contributed by atoms with Crippen molar-refractivity contribution in [2.45, 2.75) is 37.8 Å². The average molecular weight is 311 g/mol. The maximum atomic E-state index is 12.7. The molecule has 0 N–H and O–H groups in total.